The number of nitrogens with one attached hydrogen (secondary N) is 2. The summed E-state index contributed by atoms with van der Waals surface area (Å²) >= 11 is 0. The van der Waals surface area contributed by atoms with Crippen LogP contribution in [0, 0.1) is 11.8 Å². The molecule has 0 amide bonds. The standard InChI is InChI=1S/C19H32N4O3S/c1-14(2)10-20-16-4-5-27(24,25)19(9-16)7-15(8-19)11-21-18-6-17(12-26-3)22-13-23-18/h6,13-16,20H,4-5,7-12H2,1-3H3,(H,21,22,23). The largest absolute Gasteiger partial charge is 0.378 e. The Kier molecular flexibility index (Phi) is 6.38. The highest BCUT2D eigenvalue weighted by molar-refractivity contribution is 7.92. The molecule has 1 aliphatic carbocycles. The molecule has 7 nitrogen and oxygen atoms in total. The zero-order valence-electron chi connectivity index (χ0n) is 16.6. The van der Waals surface area contributed by atoms with E-state index in [0.29, 0.717) is 30.2 Å². The summed E-state index contributed by atoms with van der Waals surface area (Å²) in [5.41, 5.74) is 0.828. The second-order valence-electron chi connectivity index (χ2n) is 8.48. The van der Waals surface area contributed by atoms with Gasteiger partial charge in [-0.05, 0) is 44.1 Å². The van der Waals surface area contributed by atoms with Crippen LogP contribution in [0.5, 0.6) is 0 Å². The van der Waals surface area contributed by atoms with Crippen molar-refractivity contribution in [2.75, 3.05) is 31.3 Å². The van der Waals surface area contributed by atoms with Gasteiger partial charge in [0.1, 0.15) is 12.1 Å². The average Bonchev–Trinajstić information content (AvgIpc) is 2.58. The maximum Gasteiger partial charge on any atom is 0.156 e. The molecule has 0 bridgehead atoms. The Morgan fingerprint density at radius 1 is 1.30 bits per heavy atom. The SMILES string of the molecule is COCc1cc(NCC2CC3(C2)CC(NCC(C)C)CCS3(=O)=O)ncn1. The first kappa shape index (κ1) is 20.5. The molecular weight excluding hydrogens is 364 g/mol. The molecule has 1 spiro atoms. The van der Waals surface area contributed by atoms with E-state index in [-0.39, 0.29) is 0 Å². The molecule has 0 aromatic carbocycles. The molecule has 2 heterocycles. The molecule has 1 aliphatic heterocycles. The third kappa shape index (κ3) is 4.78. The molecule has 27 heavy (non-hydrogen) atoms. The third-order valence-electron chi connectivity index (χ3n) is 5.74. The van der Waals surface area contributed by atoms with E-state index in [1.54, 1.807) is 7.11 Å². The Labute approximate surface area is 162 Å². The van der Waals surface area contributed by atoms with E-state index in [4.69, 9.17) is 4.74 Å². The van der Waals surface area contributed by atoms with E-state index < -0.39 is 14.6 Å². The second kappa shape index (κ2) is 8.41. The van der Waals surface area contributed by atoms with E-state index >= 15 is 0 Å². The van der Waals surface area contributed by atoms with Crippen molar-refractivity contribution in [3.63, 3.8) is 0 Å². The van der Waals surface area contributed by atoms with Crippen molar-refractivity contribution >= 4 is 15.7 Å². The van der Waals surface area contributed by atoms with Gasteiger partial charge in [0, 0.05) is 25.8 Å². The lowest BCUT2D eigenvalue weighted by Crippen LogP contribution is -2.59. The molecule has 1 unspecified atom stereocenters. The zero-order valence-corrected chi connectivity index (χ0v) is 17.4. The highest BCUT2D eigenvalue weighted by atomic mass is 32.2. The molecule has 1 atom stereocenters. The van der Waals surface area contributed by atoms with Gasteiger partial charge in [0.05, 0.1) is 22.8 Å². The van der Waals surface area contributed by atoms with Crippen LogP contribution >= 0.6 is 0 Å². The summed E-state index contributed by atoms with van der Waals surface area (Å²) in [5, 5.41) is 6.89. The molecule has 1 saturated heterocycles. The summed E-state index contributed by atoms with van der Waals surface area (Å²) in [5.74, 6) is 2.02. The molecule has 1 aromatic heterocycles. The molecule has 0 radical (unpaired) electrons. The van der Waals surface area contributed by atoms with Gasteiger partial charge in [0.15, 0.2) is 9.84 Å². The topological polar surface area (TPSA) is 93.2 Å². The fraction of sp³-hybridized carbons (Fsp3) is 0.789. The summed E-state index contributed by atoms with van der Waals surface area (Å²) in [6.45, 7) is 6.50. The van der Waals surface area contributed by atoms with Crippen LogP contribution in [-0.2, 0) is 21.2 Å². The summed E-state index contributed by atoms with van der Waals surface area (Å²) in [4.78, 5) is 8.38. The fourth-order valence-corrected chi connectivity index (χ4v) is 6.76. The van der Waals surface area contributed by atoms with Crippen molar-refractivity contribution in [3.05, 3.63) is 18.1 Å². The van der Waals surface area contributed by atoms with Gasteiger partial charge in [-0.15, -0.1) is 0 Å². The van der Waals surface area contributed by atoms with E-state index in [9.17, 15) is 8.42 Å². The Morgan fingerprint density at radius 3 is 2.78 bits per heavy atom. The van der Waals surface area contributed by atoms with E-state index in [2.05, 4.69) is 34.4 Å². The lowest BCUT2D eigenvalue weighted by Gasteiger charge is -2.51. The summed E-state index contributed by atoms with van der Waals surface area (Å²) < 4.78 is 30.0. The first-order valence-electron chi connectivity index (χ1n) is 9.83. The summed E-state index contributed by atoms with van der Waals surface area (Å²) in [7, 11) is -1.36. The number of methoxy groups -OCH3 is 1. The van der Waals surface area contributed by atoms with Crippen molar-refractivity contribution in [2.24, 2.45) is 11.8 Å². The van der Waals surface area contributed by atoms with Gasteiger partial charge in [-0.25, -0.2) is 18.4 Å². The molecule has 8 heteroatoms. The highest BCUT2D eigenvalue weighted by Crippen LogP contribution is 2.50. The lowest BCUT2D eigenvalue weighted by atomic mass is 9.70. The predicted molar refractivity (Wildman–Crippen MR) is 106 cm³/mol. The molecular formula is C19H32N4O3S. The minimum absolute atomic E-state index is 0.315. The number of nitrogens with zero attached hydrogens (tertiary/aromatic N) is 2. The zero-order chi connectivity index (χ0) is 19.5. The van der Waals surface area contributed by atoms with Gasteiger partial charge in [-0.1, -0.05) is 13.8 Å². The van der Waals surface area contributed by atoms with Gasteiger partial charge in [-0.2, -0.15) is 0 Å². The van der Waals surface area contributed by atoms with Crippen LogP contribution in [0.1, 0.15) is 45.2 Å². The van der Waals surface area contributed by atoms with Gasteiger partial charge in [0.25, 0.3) is 0 Å². The van der Waals surface area contributed by atoms with Crippen LogP contribution in [0.4, 0.5) is 5.82 Å². The second-order valence-corrected chi connectivity index (χ2v) is 11.0. The lowest BCUT2D eigenvalue weighted by molar-refractivity contribution is 0.181. The highest BCUT2D eigenvalue weighted by Gasteiger charge is 2.56. The number of sulfone groups is 1. The maximum atomic E-state index is 12.7. The van der Waals surface area contributed by atoms with E-state index in [0.717, 1.165) is 50.3 Å². The van der Waals surface area contributed by atoms with E-state index in [1.165, 1.54) is 6.33 Å². The van der Waals surface area contributed by atoms with Crippen LogP contribution in [0.3, 0.4) is 0 Å². The Bertz CT molecular complexity index is 732. The van der Waals surface area contributed by atoms with Crippen LogP contribution in [0.2, 0.25) is 0 Å². The first-order chi connectivity index (χ1) is 12.8. The maximum absolute atomic E-state index is 12.7. The van der Waals surface area contributed by atoms with Crippen LogP contribution < -0.4 is 10.6 Å². The minimum Gasteiger partial charge on any atom is -0.378 e. The number of rotatable bonds is 8. The Hall–Kier alpha value is -1.25. The van der Waals surface area contributed by atoms with Crippen LogP contribution in [-0.4, -0.2) is 55.1 Å². The molecule has 1 aromatic rings. The quantitative estimate of drug-likeness (QED) is 0.694. The number of hydrogen-bond acceptors (Lipinski definition) is 7. The van der Waals surface area contributed by atoms with Crippen molar-refractivity contribution in [1.29, 1.82) is 0 Å². The molecule has 1 saturated carbocycles. The Morgan fingerprint density at radius 2 is 2.07 bits per heavy atom. The van der Waals surface area contributed by atoms with Gasteiger partial charge < -0.3 is 15.4 Å². The van der Waals surface area contributed by atoms with Gasteiger partial charge in [0.2, 0.25) is 0 Å². The van der Waals surface area contributed by atoms with Crippen LogP contribution in [0.15, 0.2) is 12.4 Å². The number of aromatic nitrogens is 2. The summed E-state index contributed by atoms with van der Waals surface area (Å²) in [6, 6.07) is 2.20. The minimum atomic E-state index is -3.00. The normalized spacial score (nSPS) is 29.6. The molecule has 2 N–H and O–H groups in total. The smallest absolute Gasteiger partial charge is 0.156 e. The van der Waals surface area contributed by atoms with E-state index in [1.807, 2.05) is 6.07 Å². The van der Waals surface area contributed by atoms with Crippen molar-refractivity contribution < 1.29 is 13.2 Å². The molecule has 3 rings (SSSR count). The predicted octanol–water partition coefficient (Wildman–Crippen LogP) is 2.01. The number of ether oxygens (including phenoxy) is 1. The number of hydrogen-bond donors (Lipinski definition) is 2. The van der Waals surface area contributed by atoms with Crippen molar-refractivity contribution in [1.82, 2.24) is 15.3 Å². The number of anilines is 1. The fourth-order valence-electron chi connectivity index (χ4n) is 4.30. The van der Waals surface area contributed by atoms with Crippen molar-refractivity contribution in [2.45, 2.75) is 56.9 Å². The third-order valence-corrected chi connectivity index (χ3v) is 8.33. The van der Waals surface area contributed by atoms with Gasteiger partial charge in [-0.3, -0.25) is 0 Å². The molecule has 2 aliphatic rings. The molecule has 152 valence electrons. The summed E-state index contributed by atoms with van der Waals surface area (Å²) in [6.07, 6.45) is 4.51. The monoisotopic (exact) mass is 396 g/mol. The van der Waals surface area contributed by atoms with Crippen LogP contribution in [0.25, 0.3) is 0 Å². The van der Waals surface area contributed by atoms with Gasteiger partial charge >= 0.3 is 0 Å². The first-order valence-corrected chi connectivity index (χ1v) is 11.5. The molecule has 2 fully saturated rings. The Balaban J connectivity index is 1.53. The average molecular weight is 397 g/mol. The van der Waals surface area contributed by atoms with Crippen molar-refractivity contribution in [3.8, 4) is 0 Å².